The van der Waals surface area contributed by atoms with Crippen molar-refractivity contribution in [3.05, 3.63) is 0 Å². The molecule has 10 N–H and O–H groups in total. The maximum absolute atomic E-state index is 10.6. The Hall–Kier alpha value is -3.87. The van der Waals surface area contributed by atoms with Gasteiger partial charge in [0.1, 0.15) is 0 Å². The SMILES string of the molecule is O.O=C(O)CC(O)(CC(=O)O)C(=O)O.O=C(O)CN(CCN(CC(=O)O)CC(=O)O)CC(=O)O. The summed E-state index contributed by atoms with van der Waals surface area (Å²) in [5.41, 5.74) is -2.74. The summed E-state index contributed by atoms with van der Waals surface area (Å²) >= 11 is 0. The van der Waals surface area contributed by atoms with Gasteiger partial charge in [-0.15, -0.1) is 0 Å². The van der Waals surface area contributed by atoms with Crippen molar-refractivity contribution in [1.29, 1.82) is 0 Å². The van der Waals surface area contributed by atoms with Gasteiger partial charge in [0, 0.05) is 13.1 Å². The molecule has 0 heterocycles. The highest BCUT2D eigenvalue weighted by molar-refractivity contribution is 5.88. The molecule has 0 saturated carbocycles. The first-order valence-electron chi connectivity index (χ1n) is 8.69. The number of hydrogen-bond donors (Lipinski definition) is 8. The molecule has 0 rings (SSSR count). The standard InChI is InChI=1S/C10H16N2O8.C6H8O7.H2O/c13-7(14)3-11(4-8(15)16)1-2-12(5-9(17)18)6-10(19)20;7-3(8)1-6(13,5(11)12)2-4(9)10;/h1-6H2,(H,13,14)(H,15,16)(H,17,18)(H,19,20);13H,1-2H2,(H,7,8)(H,9,10)(H,11,12);1H2. The molecule has 34 heavy (non-hydrogen) atoms. The maximum Gasteiger partial charge on any atom is 0.336 e. The predicted octanol–water partition coefficient (Wildman–Crippen LogP) is -4.14. The summed E-state index contributed by atoms with van der Waals surface area (Å²) in [6, 6.07) is 0. The Labute approximate surface area is 190 Å². The van der Waals surface area contributed by atoms with Crippen molar-refractivity contribution < 1.29 is 79.9 Å². The van der Waals surface area contributed by atoms with E-state index in [9.17, 15) is 33.6 Å². The van der Waals surface area contributed by atoms with E-state index >= 15 is 0 Å². The first-order valence-corrected chi connectivity index (χ1v) is 8.69. The fraction of sp³-hybridized carbons (Fsp3) is 0.562. The third-order valence-corrected chi connectivity index (χ3v) is 3.45. The summed E-state index contributed by atoms with van der Waals surface area (Å²) in [6.07, 6.45) is -2.29. The number of nitrogens with zero attached hydrogens (tertiary/aromatic N) is 2. The van der Waals surface area contributed by atoms with Gasteiger partial charge in [-0.2, -0.15) is 0 Å². The van der Waals surface area contributed by atoms with Crippen molar-refractivity contribution in [3.8, 4) is 0 Å². The van der Waals surface area contributed by atoms with Gasteiger partial charge in [-0.1, -0.05) is 0 Å². The Balaban J connectivity index is -0.000000598. The van der Waals surface area contributed by atoms with Gasteiger partial charge in [0.05, 0.1) is 39.0 Å². The predicted molar refractivity (Wildman–Crippen MR) is 104 cm³/mol. The molecule has 0 aromatic rings. The van der Waals surface area contributed by atoms with E-state index in [1.165, 1.54) is 0 Å². The summed E-state index contributed by atoms with van der Waals surface area (Å²) in [6.45, 7) is -2.25. The summed E-state index contributed by atoms with van der Waals surface area (Å²) < 4.78 is 0. The molecule has 0 aliphatic rings. The molecular weight excluding hydrogens is 476 g/mol. The van der Waals surface area contributed by atoms with Gasteiger partial charge in [0.2, 0.25) is 0 Å². The zero-order chi connectivity index (χ0) is 26.4. The number of aliphatic carboxylic acids is 7. The Morgan fingerprint density at radius 3 is 0.882 bits per heavy atom. The second-order valence-electron chi connectivity index (χ2n) is 6.47. The van der Waals surface area contributed by atoms with Crippen LogP contribution in [0.4, 0.5) is 0 Å². The summed E-state index contributed by atoms with van der Waals surface area (Å²) in [7, 11) is 0. The Kier molecular flexibility index (Phi) is 17.1. The quantitative estimate of drug-likeness (QED) is 0.0992. The van der Waals surface area contributed by atoms with Crippen molar-refractivity contribution in [2.75, 3.05) is 39.3 Å². The van der Waals surface area contributed by atoms with Gasteiger partial charge in [0.25, 0.3) is 0 Å². The lowest BCUT2D eigenvalue weighted by Crippen LogP contribution is -2.43. The van der Waals surface area contributed by atoms with Crippen LogP contribution in [0.25, 0.3) is 0 Å². The molecule has 196 valence electrons. The fourth-order valence-electron chi connectivity index (χ4n) is 2.19. The molecule has 0 spiro atoms. The molecular formula is C16H26N2O16. The molecule has 0 aliphatic heterocycles. The number of carbonyl (C=O) groups is 7. The van der Waals surface area contributed by atoms with Crippen LogP contribution >= 0.6 is 0 Å². The van der Waals surface area contributed by atoms with Gasteiger partial charge in [-0.25, -0.2) is 4.79 Å². The van der Waals surface area contributed by atoms with Crippen LogP contribution in [0.15, 0.2) is 0 Å². The van der Waals surface area contributed by atoms with Crippen molar-refractivity contribution in [2.45, 2.75) is 18.4 Å². The molecule has 18 heteroatoms. The number of aliphatic hydroxyl groups is 1. The highest BCUT2D eigenvalue weighted by Crippen LogP contribution is 2.15. The molecule has 18 nitrogen and oxygen atoms in total. The molecule has 0 amide bonds. The largest absolute Gasteiger partial charge is 0.481 e. The lowest BCUT2D eigenvalue weighted by Gasteiger charge is -2.23. The zero-order valence-corrected chi connectivity index (χ0v) is 17.5. The van der Waals surface area contributed by atoms with Gasteiger partial charge in [-0.3, -0.25) is 38.6 Å². The van der Waals surface area contributed by atoms with Gasteiger partial charge in [0.15, 0.2) is 5.60 Å². The van der Waals surface area contributed by atoms with Crippen molar-refractivity contribution in [2.24, 2.45) is 0 Å². The summed E-state index contributed by atoms with van der Waals surface area (Å²) in [5.74, 6) is -9.93. The van der Waals surface area contributed by atoms with Crippen LogP contribution in [-0.4, -0.2) is 143 Å². The molecule has 0 unspecified atom stereocenters. The molecule has 0 fully saturated rings. The van der Waals surface area contributed by atoms with E-state index in [4.69, 9.17) is 40.9 Å². The topological polar surface area (TPSA) is 319 Å². The Morgan fingerprint density at radius 1 is 0.500 bits per heavy atom. The summed E-state index contributed by atoms with van der Waals surface area (Å²) in [5, 5.41) is 68.3. The van der Waals surface area contributed by atoms with E-state index in [-0.39, 0.29) is 18.6 Å². The van der Waals surface area contributed by atoms with Gasteiger partial charge < -0.3 is 46.3 Å². The van der Waals surface area contributed by atoms with Crippen LogP contribution in [0.5, 0.6) is 0 Å². The minimum atomic E-state index is -2.74. The van der Waals surface area contributed by atoms with Crippen LogP contribution in [0.1, 0.15) is 12.8 Å². The van der Waals surface area contributed by atoms with Crippen LogP contribution in [0.2, 0.25) is 0 Å². The van der Waals surface area contributed by atoms with Crippen LogP contribution in [0, 0.1) is 0 Å². The second kappa shape index (κ2) is 16.7. The first kappa shape index (κ1) is 34.7. The smallest absolute Gasteiger partial charge is 0.336 e. The van der Waals surface area contributed by atoms with Crippen molar-refractivity contribution in [1.82, 2.24) is 9.80 Å². The van der Waals surface area contributed by atoms with E-state index in [0.29, 0.717) is 0 Å². The monoisotopic (exact) mass is 502 g/mol. The van der Waals surface area contributed by atoms with Crippen molar-refractivity contribution in [3.63, 3.8) is 0 Å². The molecule has 0 aliphatic carbocycles. The molecule has 0 radical (unpaired) electrons. The molecule has 0 bridgehead atoms. The first-order chi connectivity index (χ1) is 15.0. The van der Waals surface area contributed by atoms with Gasteiger partial charge >= 0.3 is 41.8 Å². The highest BCUT2D eigenvalue weighted by atomic mass is 16.4. The zero-order valence-electron chi connectivity index (χ0n) is 17.5. The minimum absolute atomic E-state index is 0. The minimum Gasteiger partial charge on any atom is -0.481 e. The fourth-order valence-corrected chi connectivity index (χ4v) is 2.19. The maximum atomic E-state index is 10.6. The van der Waals surface area contributed by atoms with E-state index in [1.807, 2.05) is 0 Å². The molecule has 0 aromatic carbocycles. The Bertz CT molecular complexity index is 667. The van der Waals surface area contributed by atoms with Crippen LogP contribution in [-0.2, 0) is 33.6 Å². The lowest BCUT2D eigenvalue weighted by atomic mass is 9.96. The number of carboxylic acid groups (broad SMARTS) is 7. The third kappa shape index (κ3) is 18.9. The average molecular weight is 502 g/mol. The van der Waals surface area contributed by atoms with E-state index in [2.05, 4.69) is 0 Å². The van der Waals surface area contributed by atoms with E-state index in [1.54, 1.807) is 0 Å². The van der Waals surface area contributed by atoms with E-state index in [0.717, 1.165) is 9.80 Å². The highest BCUT2D eigenvalue weighted by Gasteiger charge is 2.40. The summed E-state index contributed by atoms with van der Waals surface area (Å²) in [4.78, 5) is 74.8. The lowest BCUT2D eigenvalue weighted by molar-refractivity contribution is -0.170. The second-order valence-corrected chi connectivity index (χ2v) is 6.47. The average Bonchev–Trinajstić information content (AvgIpc) is 2.56. The molecule has 0 atom stereocenters. The van der Waals surface area contributed by atoms with E-state index < -0.39 is 86.4 Å². The Morgan fingerprint density at radius 2 is 0.735 bits per heavy atom. The van der Waals surface area contributed by atoms with Crippen molar-refractivity contribution >= 4 is 41.8 Å². The van der Waals surface area contributed by atoms with Crippen LogP contribution in [0.3, 0.4) is 0 Å². The number of rotatable bonds is 16. The third-order valence-electron chi connectivity index (χ3n) is 3.45. The number of hydrogen-bond acceptors (Lipinski definition) is 10. The van der Waals surface area contributed by atoms with Gasteiger partial charge in [-0.05, 0) is 0 Å². The molecule has 0 saturated heterocycles. The van der Waals surface area contributed by atoms with Crippen LogP contribution < -0.4 is 0 Å². The normalized spacial score (nSPS) is 10.4. The molecule has 0 aromatic heterocycles. The number of carboxylic acids is 7.